The van der Waals surface area contributed by atoms with E-state index < -0.39 is 5.97 Å². The molecule has 0 radical (unpaired) electrons. The number of thioether (sulfide) groups is 1. The highest BCUT2D eigenvalue weighted by Crippen LogP contribution is 2.34. The Hall–Kier alpha value is -2.15. The van der Waals surface area contributed by atoms with Gasteiger partial charge in [-0.15, -0.1) is 0 Å². The number of carbonyl (C=O) groups is 1. The molecule has 0 saturated carbocycles. The van der Waals surface area contributed by atoms with E-state index in [1.54, 1.807) is 13.2 Å². The maximum Gasteiger partial charge on any atom is 0.374 e. The maximum atomic E-state index is 10.9. The highest BCUT2D eigenvalue weighted by atomic mass is 32.2. The first-order valence-corrected chi connectivity index (χ1v) is 8.45. The summed E-state index contributed by atoms with van der Waals surface area (Å²) in [7, 11) is 1.58. The van der Waals surface area contributed by atoms with Crippen molar-refractivity contribution >= 4 is 17.7 Å². The van der Waals surface area contributed by atoms with Crippen molar-refractivity contribution in [3.05, 3.63) is 30.0 Å². The molecule has 0 amide bonds. The minimum Gasteiger partial charge on any atom is -0.493 e. The SMILES string of the molecule is COc1cc(-c2cc(C(=O)O)on2)ccc1OC1CCCSC1. The molecule has 0 bridgehead atoms. The number of carboxylic acid groups (broad SMARTS) is 1. The van der Waals surface area contributed by atoms with Crippen LogP contribution in [0.5, 0.6) is 11.5 Å². The summed E-state index contributed by atoms with van der Waals surface area (Å²) in [5.74, 6) is 2.11. The van der Waals surface area contributed by atoms with Gasteiger partial charge < -0.3 is 19.1 Å². The van der Waals surface area contributed by atoms with Gasteiger partial charge in [-0.2, -0.15) is 11.8 Å². The molecule has 2 aromatic rings. The van der Waals surface area contributed by atoms with E-state index in [0.29, 0.717) is 22.8 Å². The molecule has 1 aromatic heterocycles. The number of aromatic nitrogens is 1. The molecule has 1 fully saturated rings. The Morgan fingerprint density at radius 3 is 2.91 bits per heavy atom. The molecule has 0 aliphatic carbocycles. The topological polar surface area (TPSA) is 81.8 Å². The van der Waals surface area contributed by atoms with Crippen molar-refractivity contribution in [2.24, 2.45) is 0 Å². The zero-order valence-electron chi connectivity index (χ0n) is 12.7. The first-order valence-electron chi connectivity index (χ1n) is 7.30. The monoisotopic (exact) mass is 335 g/mol. The minimum atomic E-state index is -1.15. The van der Waals surface area contributed by atoms with Gasteiger partial charge in [0.1, 0.15) is 11.8 Å². The van der Waals surface area contributed by atoms with Crippen LogP contribution in [0.4, 0.5) is 0 Å². The molecule has 6 nitrogen and oxygen atoms in total. The highest BCUT2D eigenvalue weighted by Gasteiger charge is 2.19. The van der Waals surface area contributed by atoms with Gasteiger partial charge in [-0.05, 0) is 36.8 Å². The van der Waals surface area contributed by atoms with E-state index in [2.05, 4.69) is 5.16 Å². The van der Waals surface area contributed by atoms with E-state index >= 15 is 0 Å². The summed E-state index contributed by atoms with van der Waals surface area (Å²) in [4.78, 5) is 10.9. The average Bonchev–Trinajstić information content (AvgIpc) is 3.06. The third-order valence-electron chi connectivity index (χ3n) is 3.59. The van der Waals surface area contributed by atoms with Gasteiger partial charge in [-0.3, -0.25) is 0 Å². The van der Waals surface area contributed by atoms with Crippen molar-refractivity contribution < 1.29 is 23.9 Å². The number of hydrogen-bond donors (Lipinski definition) is 1. The second-order valence-corrected chi connectivity index (χ2v) is 6.35. The lowest BCUT2D eigenvalue weighted by Gasteiger charge is -2.23. The molecule has 23 heavy (non-hydrogen) atoms. The van der Waals surface area contributed by atoms with Crippen LogP contribution in [-0.2, 0) is 0 Å². The fraction of sp³-hybridized carbons (Fsp3) is 0.375. The van der Waals surface area contributed by atoms with Gasteiger partial charge in [0.05, 0.1) is 7.11 Å². The summed E-state index contributed by atoms with van der Waals surface area (Å²) in [6.45, 7) is 0. The van der Waals surface area contributed by atoms with E-state index in [1.165, 1.54) is 11.8 Å². The summed E-state index contributed by atoms with van der Waals surface area (Å²) < 4.78 is 16.2. The lowest BCUT2D eigenvalue weighted by Crippen LogP contribution is -2.23. The summed E-state index contributed by atoms with van der Waals surface area (Å²) in [6, 6.07) is 6.80. The number of carboxylic acids is 1. The zero-order valence-corrected chi connectivity index (χ0v) is 13.5. The number of nitrogens with zero attached hydrogens (tertiary/aromatic N) is 1. The minimum absolute atomic E-state index is 0.194. The number of aromatic carboxylic acids is 1. The second-order valence-electron chi connectivity index (χ2n) is 5.20. The van der Waals surface area contributed by atoms with E-state index in [-0.39, 0.29) is 11.9 Å². The predicted octanol–water partition coefficient (Wildman–Crippen LogP) is 3.32. The highest BCUT2D eigenvalue weighted by molar-refractivity contribution is 7.99. The second kappa shape index (κ2) is 6.95. The molecule has 0 spiro atoms. The van der Waals surface area contributed by atoms with E-state index in [1.807, 2.05) is 23.9 Å². The van der Waals surface area contributed by atoms with Crippen molar-refractivity contribution in [1.82, 2.24) is 5.16 Å². The average molecular weight is 335 g/mol. The Kier molecular flexibility index (Phi) is 4.76. The molecule has 1 N–H and O–H groups in total. The maximum absolute atomic E-state index is 10.9. The lowest BCUT2D eigenvalue weighted by atomic mass is 10.1. The van der Waals surface area contributed by atoms with Gasteiger partial charge in [0.25, 0.3) is 0 Å². The Labute approximate surface area is 137 Å². The van der Waals surface area contributed by atoms with Crippen molar-refractivity contribution in [2.45, 2.75) is 18.9 Å². The van der Waals surface area contributed by atoms with Gasteiger partial charge in [-0.25, -0.2) is 4.79 Å². The third-order valence-corrected chi connectivity index (χ3v) is 4.78. The molecule has 1 aromatic carbocycles. The number of hydrogen-bond acceptors (Lipinski definition) is 6. The van der Waals surface area contributed by atoms with Crippen LogP contribution in [0.3, 0.4) is 0 Å². The van der Waals surface area contributed by atoms with Crippen LogP contribution in [0.1, 0.15) is 23.4 Å². The van der Waals surface area contributed by atoms with Crippen molar-refractivity contribution in [3.63, 3.8) is 0 Å². The third kappa shape index (κ3) is 3.61. The van der Waals surface area contributed by atoms with Gasteiger partial charge in [-0.1, -0.05) is 5.16 Å². The summed E-state index contributed by atoms with van der Waals surface area (Å²) in [6.07, 6.45) is 2.40. The fourth-order valence-corrected chi connectivity index (χ4v) is 3.46. The van der Waals surface area contributed by atoms with E-state index in [0.717, 1.165) is 18.6 Å². The number of ether oxygens (including phenoxy) is 2. The van der Waals surface area contributed by atoms with Gasteiger partial charge >= 0.3 is 5.97 Å². The number of methoxy groups -OCH3 is 1. The van der Waals surface area contributed by atoms with Crippen LogP contribution < -0.4 is 9.47 Å². The Morgan fingerprint density at radius 2 is 2.26 bits per heavy atom. The Bertz CT molecular complexity index is 694. The van der Waals surface area contributed by atoms with Gasteiger partial charge in [0, 0.05) is 17.4 Å². The molecule has 1 aliphatic heterocycles. The molecule has 1 atom stereocenters. The predicted molar refractivity (Wildman–Crippen MR) is 86.4 cm³/mol. The zero-order chi connectivity index (χ0) is 16.2. The van der Waals surface area contributed by atoms with Crippen LogP contribution >= 0.6 is 11.8 Å². The molecule has 1 unspecified atom stereocenters. The molecule has 1 saturated heterocycles. The Morgan fingerprint density at radius 1 is 1.39 bits per heavy atom. The molecule has 1 aliphatic rings. The molecule has 7 heteroatoms. The smallest absolute Gasteiger partial charge is 0.374 e. The summed E-state index contributed by atoms with van der Waals surface area (Å²) in [5, 5.41) is 12.7. The van der Waals surface area contributed by atoms with Gasteiger partial charge in [0.15, 0.2) is 11.5 Å². The van der Waals surface area contributed by atoms with Crippen LogP contribution in [0.25, 0.3) is 11.3 Å². The molecule has 122 valence electrons. The number of rotatable bonds is 5. The summed E-state index contributed by atoms with van der Waals surface area (Å²) in [5.41, 5.74) is 1.16. The van der Waals surface area contributed by atoms with Crippen LogP contribution in [-0.4, -0.2) is 41.0 Å². The summed E-state index contributed by atoms with van der Waals surface area (Å²) >= 11 is 1.90. The molecule has 3 rings (SSSR count). The Balaban J connectivity index is 1.82. The first-order chi connectivity index (χ1) is 11.2. The standard InChI is InChI=1S/C16H17NO5S/c1-20-14-7-10(12-8-15(16(18)19)22-17-12)4-5-13(14)21-11-3-2-6-23-9-11/h4-5,7-8,11H,2-3,6,9H2,1H3,(H,18,19). The lowest BCUT2D eigenvalue weighted by molar-refractivity contribution is 0.0652. The quantitative estimate of drug-likeness (QED) is 0.897. The van der Waals surface area contributed by atoms with Crippen molar-refractivity contribution in [2.75, 3.05) is 18.6 Å². The first kappa shape index (κ1) is 15.7. The van der Waals surface area contributed by atoms with Crippen LogP contribution in [0.2, 0.25) is 0 Å². The molecular weight excluding hydrogens is 318 g/mol. The molecule has 2 heterocycles. The van der Waals surface area contributed by atoms with E-state index in [9.17, 15) is 4.79 Å². The number of benzene rings is 1. The van der Waals surface area contributed by atoms with Crippen molar-refractivity contribution in [1.29, 1.82) is 0 Å². The largest absolute Gasteiger partial charge is 0.493 e. The normalized spacial score (nSPS) is 17.7. The van der Waals surface area contributed by atoms with Crippen LogP contribution in [0.15, 0.2) is 28.8 Å². The fourth-order valence-electron chi connectivity index (χ4n) is 2.42. The molecular formula is C16H17NO5S. The van der Waals surface area contributed by atoms with Gasteiger partial charge in [0.2, 0.25) is 5.76 Å². The van der Waals surface area contributed by atoms with Crippen molar-refractivity contribution in [3.8, 4) is 22.8 Å². The van der Waals surface area contributed by atoms with Crippen LogP contribution in [0, 0.1) is 0 Å². The van der Waals surface area contributed by atoms with E-state index in [4.69, 9.17) is 19.1 Å².